The molecule has 3 aromatic heterocycles. The Kier molecular flexibility index (Phi) is 5.93. The molecule has 1 aromatic carbocycles. The first-order chi connectivity index (χ1) is 17.3. The molecule has 0 bridgehead atoms. The first-order valence-electron chi connectivity index (χ1n) is 11.5. The van der Waals surface area contributed by atoms with Gasteiger partial charge in [0, 0.05) is 38.1 Å². The van der Waals surface area contributed by atoms with Gasteiger partial charge in [-0.3, -0.25) is 14.6 Å². The maximum atomic E-state index is 13.4. The lowest BCUT2D eigenvalue weighted by Crippen LogP contribution is -2.31. The van der Waals surface area contributed by atoms with Crippen molar-refractivity contribution in [1.29, 1.82) is 0 Å². The molecule has 0 spiro atoms. The first-order valence-corrected chi connectivity index (χ1v) is 11.5. The molecular weight excluding hydrogens is 460 g/mol. The van der Waals surface area contributed by atoms with Gasteiger partial charge in [0.05, 0.1) is 17.8 Å². The van der Waals surface area contributed by atoms with Crippen molar-refractivity contribution < 1.29 is 19.5 Å². The average Bonchev–Trinajstić information content (AvgIpc) is 3.51. The van der Waals surface area contributed by atoms with E-state index in [1.807, 2.05) is 6.07 Å². The van der Waals surface area contributed by atoms with Crippen LogP contribution in [0.1, 0.15) is 66.1 Å². The maximum absolute atomic E-state index is 13.4. The molecule has 1 aliphatic carbocycles. The molecule has 36 heavy (non-hydrogen) atoms. The quantitative estimate of drug-likeness (QED) is 0.430. The van der Waals surface area contributed by atoms with Crippen molar-refractivity contribution in [3.05, 3.63) is 94.2 Å². The van der Waals surface area contributed by atoms with Crippen molar-refractivity contribution in [2.24, 2.45) is 0 Å². The number of nitrogens with one attached hydrogen (secondary N) is 1. The number of fused-ring (bicyclic) bond motifs is 2. The molecule has 0 aliphatic heterocycles. The molecule has 0 fully saturated rings. The third kappa shape index (κ3) is 4.17. The van der Waals surface area contributed by atoms with E-state index in [0.29, 0.717) is 25.0 Å². The summed E-state index contributed by atoms with van der Waals surface area (Å²) < 4.78 is 1.40. The van der Waals surface area contributed by atoms with Gasteiger partial charge in [-0.25, -0.2) is 14.3 Å². The van der Waals surface area contributed by atoms with Crippen LogP contribution in [0.2, 0.25) is 0 Å². The number of aromatic carboxylic acids is 1. The molecule has 1 aliphatic rings. The summed E-state index contributed by atoms with van der Waals surface area (Å²) in [5, 5.41) is 16.7. The van der Waals surface area contributed by atoms with E-state index in [1.165, 1.54) is 21.7 Å². The zero-order chi connectivity index (χ0) is 25.4. The van der Waals surface area contributed by atoms with Gasteiger partial charge in [-0.15, -0.1) is 0 Å². The van der Waals surface area contributed by atoms with Crippen LogP contribution < -0.4 is 5.32 Å². The molecule has 2 amide bonds. The summed E-state index contributed by atoms with van der Waals surface area (Å²) in [4.78, 5) is 48.0. The Morgan fingerprint density at radius 3 is 2.78 bits per heavy atom. The van der Waals surface area contributed by atoms with Crippen LogP contribution >= 0.6 is 0 Å². The number of carbonyl (C=O) groups is 3. The van der Waals surface area contributed by atoms with E-state index in [2.05, 4.69) is 20.4 Å². The normalized spacial score (nSPS) is 14.4. The number of benzene rings is 1. The molecule has 0 radical (unpaired) electrons. The van der Waals surface area contributed by atoms with Crippen molar-refractivity contribution in [3.8, 4) is 0 Å². The van der Waals surface area contributed by atoms with E-state index in [1.54, 1.807) is 50.6 Å². The summed E-state index contributed by atoms with van der Waals surface area (Å²) in [5.41, 5.74) is 4.43. The molecule has 4 aromatic rings. The number of rotatable bonds is 6. The molecule has 0 unspecified atom stereocenters. The fourth-order valence-electron chi connectivity index (χ4n) is 4.71. The summed E-state index contributed by atoms with van der Waals surface area (Å²) in [6.07, 6.45) is 6.20. The Morgan fingerprint density at radius 2 is 2.03 bits per heavy atom. The molecule has 182 valence electrons. The van der Waals surface area contributed by atoms with Crippen LogP contribution in [0.15, 0.2) is 55.0 Å². The van der Waals surface area contributed by atoms with E-state index >= 15 is 0 Å². The number of carboxylic acid groups (broad SMARTS) is 1. The predicted octanol–water partition coefficient (Wildman–Crippen LogP) is 2.82. The smallest absolute Gasteiger partial charge is 0.335 e. The summed E-state index contributed by atoms with van der Waals surface area (Å²) in [6.45, 7) is 2.14. The monoisotopic (exact) mass is 484 g/mol. The predicted molar refractivity (Wildman–Crippen MR) is 130 cm³/mol. The first kappa shape index (κ1) is 23.2. The SMILES string of the molecule is Cc1c(C(=O)O)ccc2c1CC[C@@H]2NC(=O)c1cc(C(=O)N(C)Cc2cccnc2)nc2ccnn12. The molecule has 5 rings (SSSR count). The highest BCUT2D eigenvalue weighted by molar-refractivity contribution is 5.98. The second kappa shape index (κ2) is 9.21. The number of aromatic nitrogens is 4. The minimum absolute atomic E-state index is 0.133. The van der Waals surface area contributed by atoms with E-state index in [4.69, 9.17) is 0 Å². The fourth-order valence-corrected chi connectivity index (χ4v) is 4.71. The van der Waals surface area contributed by atoms with E-state index < -0.39 is 11.9 Å². The average molecular weight is 485 g/mol. The van der Waals surface area contributed by atoms with Gasteiger partial charge in [0.15, 0.2) is 5.65 Å². The van der Waals surface area contributed by atoms with E-state index in [9.17, 15) is 19.5 Å². The highest BCUT2D eigenvalue weighted by Gasteiger charge is 2.29. The topological polar surface area (TPSA) is 130 Å². The van der Waals surface area contributed by atoms with Gasteiger partial charge in [0.25, 0.3) is 11.8 Å². The molecule has 0 saturated heterocycles. The van der Waals surface area contributed by atoms with Gasteiger partial charge in [0.1, 0.15) is 11.4 Å². The van der Waals surface area contributed by atoms with Crippen LogP contribution in [0.3, 0.4) is 0 Å². The Hall–Kier alpha value is -4.60. The van der Waals surface area contributed by atoms with Crippen LogP contribution in [0.25, 0.3) is 5.65 Å². The van der Waals surface area contributed by atoms with Gasteiger partial charge in [-0.2, -0.15) is 5.10 Å². The second-order valence-corrected chi connectivity index (χ2v) is 8.83. The number of amides is 2. The van der Waals surface area contributed by atoms with Crippen molar-refractivity contribution >= 4 is 23.4 Å². The molecule has 3 heterocycles. The van der Waals surface area contributed by atoms with Crippen molar-refractivity contribution in [2.45, 2.75) is 32.4 Å². The maximum Gasteiger partial charge on any atom is 0.335 e. The Labute approximate surface area is 206 Å². The van der Waals surface area contributed by atoms with Crippen molar-refractivity contribution in [2.75, 3.05) is 7.05 Å². The largest absolute Gasteiger partial charge is 0.478 e. The standard InChI is InChI=1S/C26H24N6O4/c1-15-17-7-8-20(19(17)6-5-18(15)26(35)36)30-24(33)22-12-21(29-23-9-11-28-32(22)23)25(34)31(2)14-16-4-3-10-27-13-16/h3-6,9-13,20H,7-8,14H2,1-2H3,(H,30,33)(H,35,36)/t20-/m0/s1. The van der Waals surface area contributed by atoms with Crippen LogP contribution in [0.4, 0.5) is 0 Å². The highest BCUT2D eigenvalue weighted by atomic mass is 16.4. The summed E-state index contributed by atoms with van der Waals surface area (Å²) >= 11 is 0. The Bertz CT molecular complexity index is 1500. The third-order valence-electron chi connectivity index (χ3n) is 6.53. The van der Waals surface area contributed by atoms with Crippen molar-refractivity contribution in [1.82, 2.24) is 29.8 Å². The van der Waals surface area contributed by atoms with Crippen molar-refractivity contribution in [3.63, 3.8) is 0 Å². The lowest BCUT2D eigenvalue weighted by atomic mass is 9.98. The summed E-state index contributed by atoms with van der Waals surface area (Å²) in [5.74, 6) is -1.70. The highest BCUT2D eigenvalue weighted by Crippen LogP contribution is 2.35. The number of carbonyl (C=O) groups excluding carboxylic acids is 2. The van der Waals surface area contributed by atoms with Gasteiger partial charge in [0.2, 0.25) is 0 Å². The molecule has 0 saturated carbocycles. The lowest BCUT2D eigenvalue weighted by Gasteiger charge is -2.18. The minimum atomic E-state index is -0.966. The minimum Gasteiger partial charge on any atom is -0.478 e. The van der Waals surface area contributed by atoms with E-state index in [0.717, 1.165) is 22.3 Å². The number of nitrogens with zero attached hydrogens (tertiary/aromatic N) is 5. The zero-order valence-corrected chi connectivity index (χ0v) is 19.8. The Morgan fingerprint density at radius 1 is 1.19 bits per heavy atom. The number of hydrogen-bond acceptors (Lipinski definition) is 6. The summed E-state index contributed by atoms with van der Waals surface area (Å²) in [6, 6.07) is 9.83. The lowest BCUT2D eigenvalue weighted by molar-refractivity contribution is 0.0694. The van der Waals surface area contributed by atoms with Gasteiger partial charge in [-0.05, 0) is 54.2 Å². The van der Waals surface area contributed by atoms with Crippen LogP contribution in [0.5, 0.6) is 0 Å². The Balaban J connectivity index is 1.41. The molecule has 2 N–H and O–H groups in total. The van der Waals surface area contributed by atoms with Gasteiger partial charge < -0.3 is 15.3 Å². The number of hydrogen-bond donors (Lipinski definition) is 2. The number of carboxylic acids is 1. The second-order valence-electron chi connectivity index (χ2n) is 8.83. The van der Waals surface area contributed by atoms with Gasteiger partial charge >= 0.3 is 5.97 Å². The van der Waals surface area contributed by atoms with Crippen LogP contribution in [-0.2, 0) is 13.0 Å². The van der Waals surface area contributed by atoms with E-state index in [-0.39, 0.29) is 28.9 Å². The third-order valence-corrected chi connectivity index (χ3v) is 6.53. The molecule has 1 atom stereocenters. The summed E-state index contributed by atoms with van der Waals surface area (Å²) in [7, 11) is 1.67. The number of pyridine rings is 1. The molecular formula is C26H24N6O4. The fraction of sp³-hybridized carbons (Fsp3) is 0.231. The zero-order valence-electron chi connectivity index (χ0n) is 19.8. The van der Waals surface area contributed by atoms with Crippen LogP contribution in [0, 0.1) is 6.92 Å². The molecule has 10 heteroatoms. The van der Waals surface area contributed by atoms with Gasteiger partial charge in [-0.1, -0.05) is 12.1 Å². The van der Waals surface area contributed by atoms with Crippen LogP contribution in [-0.4, -0.2) is 54.4 Å². The molecule has 10 nitrogen and oxygen atoms in total.